The summed E-state index contributed by atoms with van der Waals surface area (Å²) in [6.45, 7) is 0.543. The van der Waals surface area contributed by atoms with Gasteiger partial charge in [-0.1, -0.05) is 58.4 Å². The van der Waals surface area contributed by atoms with Gasteiger partial charge in [-0.05, 0) is 60.2 Å². The fraction of sp³-hybridized carbons (Fsp3) is 0.278. The van der Waals surface area contributed by atoms with Gasteiger partial charge in [-0.2, -0.15) is 0 Å². The Labute approximate surface area is 294 Å². The van der Waals surface area contributed by atoms with E-state index in [4.69, 9.17) is 29.0 Å². The molecule has 0 aromatic heterocycles. The summed E-state index contributed by atoms with van der Waals surface area (Å²) < 4.78 is 51.1. The number of nitrogens with zero attached hydrogens (tertiary/aromatic N) is 1. The highest BCUT2D eigenvalue weighted by atomic mass is 79.9. The van der Waals surface area contributed by atoms with Crippen LogP contribution in [0.5, 0.6) is 17.2 Å². The molecule has 0 fully saturated rings. The Bertz CT molecular complexity index is 1860. The summed E-state index contributed by atoms with van der Waals surface area (Å²) in [5, 5.41) is 9.08. The van der Waals surface area contributed by atoms with Crippen LogP contribution in [-0.4, -0.2) is 64.1 Å². The van der Waals surface area contributed by atoms with Gasteiger partial charge < -0.3 is 24.1 Å². The number of para-hydroxylation sites is 1. The quantitative estimate of drug-likeness (QED) is 0.104. The normalized spacial score (nSPS) is 17.1. The van der Waals surface area contributed by atoms with E-state index < -0.39 is 27.4 Å². The number of hydrogen-bond donors (Lipinski definition) is 3. The number of methoxy groups -OCH3 is 2. The lowest BCUT2D eigenvalue weighted by atomic mass is 9.85. The second kappa shape index (κ2) is 16.3. The van der Waals surface area contributed by atoms with Gasteiger partial charge >= 0.3 is 0 Å². The third-order valence-electron chi connectivity index (χ3n) is 8.02. The number of benzene rings is 4. The van der Waals surface area contributed by atoms with Crippen molar-refractivity contribution in [1.82, 2.24) is 10.9 Å². The lowest BCUT2D eigenvalue weighted by molar-refractivity contribution is -0.130. The van der Waals surface area contributed by atoms with Crippen molar-refractivity contribution in [2.45, 2.75) is 35.9 Å². The molecule has 49 heavy (non-hydrogen) atoms. The second-order valence-corrected chi connectivity index (χ2v) is 14.2. The summed E-state index contributed by atoms with van der Waals surface area (Å²) in [4.78, 5) is 19.5. The monoisotopic (exact) mass is 751 g/mol. The number of aliphatic hydroxyl groups is 1. The lowest BCUT2D eigenvalue weighted by Gasteiger charge is -2.30. The third kappa shape index (κ3) is 8.42. The van der Waals surface area contributed by atoms with E-state index in [1.807, 2.05) is 36.4 Å². The van der Waals surface area contributed by atoms with Crippen molar-refractivity contribution >= 4 is 37.6 Å². The molecule has 5 rings (SSSR count). The van der Waals surface area contributed by atoms with E-state index in [1.165, 1.54) is 19.2 Å². The number of amides is 1. The number of nitrogens with one attached hydrogen (secondary N) is 2. The first-order valence-corrected chi connectivity index (χ1v) is 18.0. The number of carbonyl (C=O) groups is 1. The first-order valence-electron chi connectivity index (χ1n) is 15.6. The van der Waals surface area contributed by atoms with Crippen LogP contribution in [0.15, 0.2) is 111 Å². The van der Waals surface area contributed by atoms with Crippen molar-refractivity contribution < 1.29 is 37.3 Å². The van der Waals surface area contributed by atoms with Crippen LogP contribution in [0.4, 0.5) is 0 Å². The minimum atomic E-state index is -3.81. The molecule has 11 nitrogen and oxygen atoms in total. The molecule has 1 aliphatic heterocycles. The molecule has 4 aromatic carbocycles. The number of hydrogen-bond acceptors (Lipinski definition) is 10. The van der Waals surface area contributed by atoms with Crippen LogP contribution in [0.2, 0.25) is 0 Å². The van der Waals surface area contributed by atoms with Gasteiger partial charge in [-0.25, -0.2) is 18.8 Å². The molecule has 0 aliphatic carbocycles. The Kier molecular flexibility index (Phi) is 11.9. The molecule has 0 saturated heterocycles. The van der Waals surface area contributed by atoms with Crippen molar-refractivity contribution in [2.75, 3.05) is 33.2 Å². The van der Waals surface area contributed by atoms with Crippen LogP contribution in [0.25, 0.3) is 0 Å². The summed E-state index contributed by atoms with van der Waals surface area (Å²) in [7, 11) is -0.734. The number of hydrazine groups is 1. The molecule has 0 bridgehead atoms. The van der Waals surface area contributed by atoms with Crippen LogP contribution in [-0.2, 0) is 25.9 Å². The molecule has 13 heteroatoms. The van der Waals surface area contributed by atoms with Crippen LogP contribution >= 0.6 is 15.9 Å². The summed E-state index contributed by atoms with van der Waals surface area (Å²) in [5.41, 5.74) is 5.99. The van der Waals surface area contributed by atoms with Gasteiger partial charge in [0, 0.05) is 41.6 Å². The highest BCUT2D eigenvalue weighted by Gasteiger charge is 2.53. The number of ether oxygens (including phenoxy) is 4. The molecule has 0 spiro atoms. The van der Waals surface area contributed by atoms with Crippen molar-refractivity contribution in [3.63, 3.8) is 0 Å². The molecule has 0 unspecified atom stereocenters. The van der Waals surface area contributed by atoms with Crippen LogP contribution in [0.3, 0.4) is 0 Å². The lowest BCUT2D eigenvalue weighted by Crippen LogP contribution is -2.53. The Morgan fingerprint density at radius 1 is 0.959 bits per heavy atom. The van der Waals surface area contributed by atoms with Crippen LogP contribution < -0.4 is 25.1 Å². The minimum Gasteiger partial charge on any atom is -0.494 e. The topological polar surface area (TPSA) is 145 Å². The zero-order valence-corrected chi connectivity index (χ0v) is 29.5. The SMILES string of the molecule is COc1cccc(CNNC(=O)[C@@]2(CCS(=O)(=O)c3ccccc3)N=C(c3ccc(OCCCO)cc3)O[C@H]2c2ccc(Br)cc2)c1OC. The average Bonchev–Trinajstić information content (AvgIpc) is 3.52. The first-order chi connectivity index (χ1) is 23.7. The maximum absolute atomic E-state index is 14.5. The average molecular weight is 753 g/mol. The number of rotatable bonds is 16. The van der Waals surface area contributed by atoms with Gasteiger partial charge in [-0.3, -0.25) is 10.2 Å². The largest absolute Gasteiger partial charge is 0.494 e. The summed E-state index contributed by atoms with van der Waals surface area (Å²) >= 11 is 3.47. The second-order valence-electron chi connectivity index (χ2n) is 11.2. The van der Waals surface area contributed by atoms with Gasteiger partial charge in [0.1, 0.15) is 5.75 Å². The predicted octanol–water partition coefficient (Wildman–Crippen LogP) is 5.17. The third-order valence-corrected chi connectivity index (χ3v) is 10.3. The first kappa shape index (κ1) is 35.9. The summed E-state index contributed by atoms with van der Waals surface area (Å²) in [6.07, 6.45) is -0.670. The Morgan fingerprint density at radius 3 is 2.37 bits per heavy atom. The fourth-order valence-corrected chi connectivity index (χ4v) is 7.12. The molecule has 3 N–H and O–H groups in total. The fourth-order valence-electron chi connectivity index (χ4n) is 5.46. The summed E-state index contributed by atoms with van der Waals surface area (Å²) in [6, 6.07) is 27.8. The highest BCUT2D eigenvalue weighted by molar-refractivity contribution is 9.10. The van der Waals surface area contributed by atoms with E-state index in [0.717, 1.165) is 10.0 Å². The molecule has 1 amide bonds. The molecule has 1 aliphatic rings. The van der Waals surface area contributed by atoms with E-state index in [9.17, 15) is 13.2 Å². The minimum absolute atomic E-state index is 0.0201. The highest BCUT2D eigenvalue weighted by Crippen LogP contribution is 2.43. The maximum Gasteiger partial charge on any atom is 0.266 e. The van der Waals surface area contributed by atoms with E-state index in [2.05, 4.69) is 26.8 Å². The molecule has 258 valence electrons. The van der Waals surface area contributed by atoms with Gasteiger partial charge in [0.2, 0.25) is 5.90 Å². The molecule has 0 saturated carbocycles. The van der Waals surface area contributed by atoms with Crippen molar-refractivity contribution in [3.05, 3.63) is 118 Å². The molecular formula is C36H38BrN3O8S. The molecule has 0 radical (unpaired) electrons. The van der Waals surface area contributed by atoms with Gasteiger partial charge in [0.05, 0.1) is 31.5 Å². The molecule has 1 heterocycles. The smallest absolute Gasteiger partial charge is 0.266 e. The zero-order valence-electron chi connectivity index (χ0n) is 27.1. The number of aliphatic hydroxyl groups excluding tert-OH is 1. The molecule has 4 aromatic rings. The Balaban J connectivity index is 1.52. The van der Waals surface area contributed by atoms with Gasteiger partial charge in [0.25, 0.3) is 5.91 Å². The molecule has 2 atom stereocenters. The maximum atomic E-state index is 14.5. The number of aliphatic imine (C=N–C) groups is 1. The Hall–Kier alpha value is -4.43. The predicted molar refractivity (Wildman–Crippen MR) is 189 cm³/mol. The van der Waals surface area contributed by atoms with E-state index >= 15 is 0 Å². The summed E-state index contributed by atoms with van der Waals surface area (Å²) in [5.74, 6) is 0.862. The van der Waals surface area contributed by atoms with Gasteiger partial charge in [-0.15, -0.1) is 0 Å². The zero-order chi connectivity index (χ0) is 34.9. The van der Waals surface area contributed by atoms with E-state index in [1.54, 1.807) is 55.6 Å². The van der Waals surface area contributed by atoms with Crippen LogP contribution in [0, 0.1) is 0 Å². The Morgan fingerprint density at radius 2 is 1.69 bits per heavy atom. The molecular weight excluding hydrogens is 714 g/mol. The van der Waals surface area contributed by atoms with E-state index in [-0.39, 0.29) is 36.1 Å². The number of halogens is 1. The number of carbonyl (C=O) groups excluding carboxylic acids is 1. The van der Waals surface area contributed by atoms with Crippen molar-refractivity contribution in [2.24, 2.45) is 4.99 Å². The van der Waals surface area contributed by atoms with Crippen molar-refractivity contribution in [1.29, 1.82) is 0 Å². The van der Waals surface area contributed by atoms with Crippen LogP contribution in [0.1, 0.15) is 35.6 Å². The van der Waals surface area contributed by atoms with E-state index in [0.29, 0.717) is 41.4 Å². The number of sulfone groups is 1. The van der Waals surface area contributed by atoms with Gasteiger partial charge in [0.15, 0.2) is 33.0 Å². The standard InChI is InChI=1S/C36H38BrN3O8S/c1-45-31-11-6-8-27(32(31)46-2)24-38-40-35(42)36(20-23-49(43,44)30-9-4-3-5-10-30)33(25-12-16-28(37)17-13-25)48-34(39-36)26-14-18-29(19-15-26)47-22-7-21-41/h3-6,8-19,33,38,41H,7,20-24H2,1-2H3,(H,40,42)/t33-,36-/m0/s1. The van der Waals surface area contributed by atoms with Crippen molar-refractivity contribution in [3.8, 4) is 17.2 Å².